The van der Waals surface area contributed by atoms with Crippen molar-refractivity contribution in [2.24, 2.45) is 5.73 Å². The molecule has 1 heterocycles. The molecule has 1 fully saturated rings. The lowest BCUT2D eigenvalue weighted by Crippen LogP contribution is -2.49. The predicted octanol–water partition coefficient (Wildman–Crippen LogP) is 1.89. The van der Waals surface area contributed by atoms with Crippen LogP contribution in [0.15, 0.2) is 24.3 Å². The van der Waals surface area contributed by atoms with Crippen LogP contribution in [0.25, 0.3) is 0 Å². The molecule has 0 aliphatic carbocycles. The molecule has 4 nitrogen and oxygen atoms in total. The molecule has 20 heavy (non-hydrogen) atoms. The molecule has 2 rings (SSSR count). The molecule has 1 aliphatic heterocycles. The predicted molar refractivity (Wildman–Crippen MR) is 79.4 cm³/mol. The zero-order valence-corrected chi connectivity index (χ0v) is 12.3. The number of nitrogens with zero attached hydrogens (tertiary/aromatic N) is 1. The number of carbonyl (C=O) groups is 1. The van der Waals surface area contributed by atoms with Crippen LogP contribution < -0.4 is 5.73 Å². The van der Waals surface area contributed by atoms with Crippen molar-refractivity contribution in [2.75, 3.05) is 20.3 Å². The number of methoxy groups -OCH3 is 1. The lowest BCUT2D eigenvalue weighted by Gasteiger charge is -2.40. The van der Waals surface area contributed by atoms with E-state index in [1.165, 1.54) is 5.56 Å². The van der Waals surface area contributed by atoms with Crippen molar-refractivity contribution in [1.29, 1.82) is 0 Å². The van der Waals surface area contributed by atoms with Crippen LogP contribution in [-0.2, 0) is 16.0 Å². The molecule has 2 atom stereocenters. The monoisotopic (exact) mass is 276 g/mol. The fraction of sp³-hybridized carbons (Fsp3) is 0.562. The second-order valence-corrected chi connectivity index (χ2v) is 5.32. The van der Waals surface area contributed by atoms with Gasteiger partial charge in [-0.3, -0.25) is 4.79 Å². The van der Waals surface area contributed by atoms with E-state index in [9.17, 15) is 4.79 Å². The van der Waals surface area contributed by atoms with Crippen LogP contribution in [0.3, 0.4) is 0 Å². The third kappa shape index (κ3) is 3.19. The number of carbonyl (C=O) groups excluding carboxylic acids is 1. The topological polar surface area (TPSA) is 55.6 Å². The van der Waals surface area contributed by atoms with Gasteiger partial charge in [-0.15, -0.1) is 0 Å². The van der Waals surface area contributed by atoms with Crippen molar-refractivity contribution >= 4 is 5.91 Å². The Morgan fingerprint density at radius 2 is 2.05 bits per heavy atom. The summed E-state index contributed by atoms with van der Waals surface area (Å²) in [6.07, 6.45) is 2.31. The first-order chi connectivity index (χ1) is 9.67. The van der Waals surface area contributed by atoms with Gasteiger partial charge in [0.2, 0.25) is 5.91 Å². The second kappa shape index (κ2) is 6.86. The Morgan fingerprint density at radius 3 is 2.65 bits per heavy atom. The number of aryl methyl sites for hydroxylation is 1. The van der Waals surface area contributed by atoms with Gasteiger partial charge in [-0.05, 0) is 24.0 Å². The van der Waals surface area contributed by atoms with Crippen molar-refractivity contribution in [2.45, 2.75) is 38.3 Å². The van der Waals surface area contributed by atoms with Crippen molar-refractivity contribution in [3.05, 3.63) is 35.4 Å². The minimum Gasteiger partial charge on any atom is -0.383 e. The average Bonchev–Trinajstić information content (AvgIpc) is 2.48. The Labute approximate surface area is 120 Å². The van der Waals surface area contributed by atoms with Crippen LogP contribution >= 0.6 is 0 Å². The zero-order valence-electron chi connectivity index (χ0n) is 12.3. The normalized spacial score (nSPS) is 23.1. The first-order valence-electron chi connectivity index (χ1n) is 7.30. The quantitative estimate of drug-likeness (QED) is 0.893. The Balaban J connectivity index is 2.24. The highest BCUT2D eigenvalue weighted by molar-refractivity contribution is 5.78. The summed E-state index contributed by atoms with van der Waals surface area (Å²) >= 11 is 0. The molecule has 0 saturated carbocycles. The fourth-order valence-electron chi connectivity index (χ4n) is 2.81. The van der Waals surface area contributed by atoms with Crippen molar-refractivity contribution in [1.82, 2.24) is 4.90 Å². The number of piperidine rings is 1. The van der Waals surface area contributed by atoms with Gasteiger partial charge in [0.15, 0.2) is 0 Å². The Morgan fingerprint density at radius 1 is 1.35 bits per heavy atom. The fourth-order valence-corrected chi connectivity index (χ4v) is 2.81. The van der Waals surface area contributed by atoms with E-state index < -0.39 is 0 Å². The largest absolute Gasteiger partial charge is 0.383 e. The summed E-state index contributed by atoms with van der Waals surface area (Å²) in [5, 5.41) is 0. The van der Waals surface area contributed by atoms with Crippen LogP contribution in [0.5, 0.6) is 0 Å². The van der Waals surface area contributed by atoms with E-state index in [0.29, 0.717) is 19.6 Å². The molecular weight excluding hydrogens is 252 g/mol. The van der Waals surface area contributed by atoms with Gasteiger partial charge < -0.3 is 15.4 Å². The Kier molecular flexibility index (Phi) is 5.15. The van der Waals surface area contributed by atoms with E-state index in [1.54, 1.807) is 7.11 Å². The van der Waals surface area contributed by atoms with E-state index in [2.05, 4.69) is 31.2 Å². The molecule has 1 amide bonds. The number of ether oxygens (including phenoxy) is 1. The number of benzene rings is 1. The van der Waals surface area contributed by atoms with E-state index >= 15 is 0 Å². The highest BCUT2D eigenvalue weighted by atomic mass is 16.5. The van der Waals surface area contributed by atoms with Gasteiger partial charge in [0.25, 0.3) is 0 Å². The van der Waals surface area contributed by atoms with Crippen molar-refractivity contribution in [3.8, 4) is 0 Å². The summed E-state index contributed by atoms with van der Waals surface area (Å²) in [5.41, 5.74) is 8.69. The molecule has 1 aromatic carbocycles. The SMILES string of the molecule is CCc1ccc(C2C(N)CCC(=O)N2CCOC)cc1. The van der Waals surface area contributed by atoms with Gasteiger partial charge in [0, 0.05) is 26.1 Å². The van der Waals surface area contributed by atoms with Gasteiger partial charge in [0.1, 0.15) is 0 Å². The smallest absolute Gasteiger partial charge is 0.223 e. The van der Waals surface area contributed by atoms with Crippen molar-refractivity contribution < 1.29 is 9.53 Å². The van der Waals surface area contributed by atoms with Gasteiger partial charge in [-0.2, -0.15) is 0 Å². The third-order valence-corrected chi connectivity index (χ3v) is 4.02. The molecule has 0 radical (unpaired) electrons. The van der Waals surface area contributed by atoms with E-state index in [0.717, 1.165) is 18.4 Å². The molecule has 0 spiro atoms. The molecule has 110 valence electrons. The summed E-state index contributed by atoms with van der Waals surface area (Å²) < 4.78 is 5.11. The lowest BCUT2D eigenvalue weighted by atomic mass is 9.90. The molecule has 0 bridgehead atoms. The maximum atomic E-state index is 12.2. The van der Waals surface area contributed by atoms with E-state index in [-0.39, 0.29) is 18.0 Å². The molecule has 4 heteroatoms. The number of amides is 1. The highest BCUT2D eigenvalue weighted by Gasteiger charge is 2.34. The highest BCUT2D eigenvalue weighted by Crippen LogP contribution is 2.30. The first-order valence-corrected chi connectivity index (χ1v) is 7.30. The van der Waals surface area contributed by atoms with Crippen LogP contribution in [0.2, 0.25) is 0 Å². The Bertz CT molecular complexity index is 444. The van der Waals surface area contributed by atoms with Gasteiger partial charge in [-0.25, -0.2) is 0 Å². The number of rotatable bonds is 5. The molecular formula is C16H24N2O2. The van der Waals surface area contributed by atoms with Crippen LogP contribution in [0, 0.1) is 0 Å². The third-order valence-electron chi connectivity index (χ3n) is 4.02. The van der Waals surface area contributed by atoms with E-state index in [4.69, 9.17) is 10.5 Å². The number of likely N-dealkylation sites (tertiary alicyclic amines) is 1. The lowest BCUT2D eigenvalue weighted by molar-refractivity contribution is -0.138. The van der Waals surface area contributed by atoms with Gasteiger partial charge in [-0.1, -0.05) is 31.2 Å². The number of nitrogens with two attached hydrogens (primary N) is 1. The summed E-state index contributed by atoms with van der Waals surface area (Å²) in [5.74, 6) is 0.174. The molecule has 0 aromatic heterocycles. The minimum atomic E-state index is -0.0303. The molecule has 2 N–H and O–H groups in total. The zero-order chi connectivity index (χ0) is 14.5. The maximum absolute atomic E-state index is 12.2. The summed E-state index contributed by atoms with van der Waals surface area (Å²) in [6.45, 7) is 3.28. The van der Waals surface area contributed by atoms with Crippen LogP contribution in [-0.4, -0.2) is 37.1 Å². The number of hydrogen-bond donors (Lipinski definition) is 1. The Hall–Kier alpha value is -1.39. The molecule has 2 unspecified atom stereocenters. The van der Waals surface area contributed by atoms with E-state index in [1.807, 2.05) is 4.90 Å². The average molecular weight is 276 g/mol. The molecule has 1 aliphatic rings. The van der Waals surface area contributed by atoms with Crippen LogP contribution in [0.4, 0.5) is 0 Å². The number of hydrogen-bond acceptors (Lipinski definition) is 3. The minimum absolute atomic E-state index is 0.00275. The van der Waals surface area contributed by atoms with Crippen molar-refractivity contribution in [3.63, 3.8) is 0 Å². The molecule has 1 saturated heterocycles. The molecule has 1 aromatic rings. The summed E-state index contributed by atoms with van der Waals surface area (Å²) in [4.78, 5) is 14.0. The first kappa shape index (κ1) is 15.0. The second-order valence-electron chi connectivity index (χ2n) is 5.32. The summed E-state index contributed by atoms with van der Waals surface area (Å²) in [6, 6.07) is 8.41. The summed E-state index contributed by atoms with van der Waals surface area (Å²) in [7, 11) is 1.65. The van der Waals surface area contributed by atoms with Gasteiger partial charge in [0.05, 0.1) is 12.6 Å². The maximum Gasteiger partial charge on any atom is 0.223 e. The van der Waals surface area contributed by atoms with Gasteiger partial charge >= 0.3 is 0 Å². The standard InChI is InChI=1S/C16H24N2O2/c1-3-12-4-6-13(7-5-12)16-14(17)8-9-15(19)18(16)10-11-20-2/h4-7,14,16H,3,8-11,17H2,1-2H3. The van der Waals surface area contributed by atoms with Crippen LogP contribution in [0.1, 0.15) is 36.9 Å².